The summed E-state index contributed by atoms with van der Waals surface area (Å²) in [5.74, 6) is 0. The van der Waals surface area contributed by atoms with Crippen molar-refractivity contribution in [1.29, 1.82) is 0 Å². The molecule has 0 bridgehead atoms. The fraction of sp³-hybridized carbons (Fsp3) is 0. The van der Waals surface area contributed by atoms with Crippen LogP contribution in [0.3, 0.4) is 0 Å². The first kappa shape index (κ1) is 3.21. The first-order valence-corrected chi connectivity index (χ1v) is 3.45. The zero-order valence-corrected chi connectivity index (χ0v) is 4.43. The van der Waals surface area contributed by atoms with E-state index in [-0.39, 0.29) is 15.2 Å². The van der Waals surface area contributed by atoms with E-state index in [1.54, 1.807) is 0 Å². The van der Waals surface area contributed by atoms with Gasteiger partial charge in [0.05, 0.1) is 0 Å². The molecule has 0 saturated heterocycles. The van der Waals surface area contributed by atoms with Crippen molar-refractivity contribution >= 4 is 15.2 Å². The number of rotatable bonds is 0. The van der Waals surface area contributed by atoms with Crippen molar-refractivity contribution in [1.82, 2.24) is 0 Å². The molecule has 0 aromatic rings. The molecule has 1 aliphatic rings. The second-order valence-electron chi connectivity index (χ2n) is 1.09. The van der Waals surface area contributed by atoms with Gasteiger partial charge in [0.1, 0.15) is 0 Å². The van der Waals surface area contributed by atoms with E-state index >= 15 is 0 Å². The predicted octanol–water partition coefficient (Wildman–Crippen LogP) is 0.464. The topological polar surface area (TPSA) is 0 Å². The average molecular weight is 80.1 g/mol. The van der Waals surface area contributed by atoms with Gasteiger partial charge in [-0.05, 0) is 0 Å². The van der Waals surface area contributed by atoms with Gasteiger partial charge in [0.25, 0.3) is 0 Å². The molecule has 1 heterocycles. The Hall–Kier alpha value is 0.0125. The summed E-state index contributed by atoms with van der Waals surface area (Å²) in [6.45, 7) is 0. The maximum Gasteiger partial charge on any atom is 0.302 e. The number of hydrogen-bond donors (Lipinski definition) is 0. The molecule has 0 unspecified atom stereocenters. The van der Waals surface area contributed by atoms with Gasteiger partial charge >= 0.3 is 15.2 Å². The van der Waals surface area contributed by atoms with E-state index in [4.69, 9.17) is 0 Å². The number of allylic oxidation sites excluding steroid dienone is 2. The molecule has 1 aliphatic heterocycles. The van der Waals surface area contributed by atoms with Crippen LogP contribution in [0.2, 0.25) is 0 Å². The van der Waals surface area contributed by atoms with Gasteiger partial charge in [-0.15, -0.1) is 9.88 Å². The molecule has 0 aromatic heterocycles. The van der Waals surface area contributed by atoms with E-state index < -0.39 is 0 Å². The molecule has 0 atom stereocenters. The first-order chi connectivity index (χ1) is 2.50. The highest BCUT2D eigenvalue weighted by Crippen LogP contribution is 1.82. The molecule has 0 saturated carbocycles. The van der Waals surface area contributed by atoms with Crippen molar-refractivity contribution < 1.29 is 0 Å². The van der Waals surface area contributed by atoms with Crippen LogP contribution in [-0.2, 0) is 0 Å². The summed E-state index contributed by atoms with van der Waals surface area (Å²) in [7, 11) is 0. The standard InChI is InChI=1S/C4H4.Al.H/c1-3-4-2;;/h1-4H;;. The van der Waals surface area contributed by atoms with Crippen LogP contribution in [0, 0.1) is 0 Å². The second-order valence-corrected chi connectivity index (χ2v) is 2.51. The van der Waals surface area contributed by atoms with E-state index in [0.29, 0.717) is 0 Å². The zero-order valence-electron chi connectivity index (χ0n) is 3.02. The molecule has 0 N–H and O–H groups in total. The molecular weight excluding hydrogens is 75.0 g/mol. The predicted molar refractivity (Wildman–Crippen MR) is 25.4 cm³/mol. The van der Waals surface area contributed by atoms with Gasteiger partial charge in [0.2, 0.25) is 0 Å². The van der Waals surface area contributed by atoms with Crippen LogP contribution in [0.25, 0.3) is 0 Å². The van der Waals surface area contributed by atoms with Crippen LogP contribution in [0.4, 0.5) is 0 Å². The second kappa shape index (κ2) is 1.45. The summed E-state index contributed by atoms with van der Waals surface area (Å²) >= 11 is 0.182. The van der Waals surface area contributed by atoms with Crippen molar-refractivity contribution in [3.63, 3.8) is 0 Å². The van der Waals surface area contributed by atoms with Gasteiger partial charge in [0.15, 0.2) is 0 Å². The van der Waals surface area contributed by atoms with Gasteiger partial charge < -0.3 is 0 Å². The Balaban J connectivity index is 2.61. The van der Waals surface area contributed by atoms with Crippen molar-refractivity contribution in [3.05, 3.63) is 22.0 Å². The summed E-state index contributed by atoms with van der Waals surface area (Å²) in [5.41, 5.74) is 0. The lowest BCUT2D eigenvalue weighted by atomic mass is 10.6. The largest absolute Gasteiger partial charge is 0.302 e. The van der Waals surface area contributed by atoms with E-state index in [1.165, 1.54) is 0 Å². The first-order valence-electron chi connectivity index (χ1n) is 1.82. The summed E-state index contributed by atoms with van der Waals surface area (Å²) < 4.78 is 0. The molecule has 0 fully saturated rings. The van der Waals surface area contributed by atoms with Crippen molar-refractivity contribution in [3.8, 4) is 0 Å². The minimum atomic E-state index is 0.182. The lowest BCUT2D eigenvalue weighted by molar-refractivity contribution is 2.15. The highest BCUT2D eigenvalue weighted by molar-refractivity contribution is 6.49. The summed E-state index contributed by atoms with van der Waals surface area (Å²) in [6.07, 6.45) is 4.23. The molecule has 24 valence electrons. The maximum absolute atomic E-state index is 2.26. The summed E-state index contributed by atoms with van der Waals surface area (Å²) in [4.78, 5) is 4.53. The van der Waals surface area contributed by atoms with Crippen molar-refractivity contribution in [2.24, 2.45) is 0 Å². The van der Waals surface area contributed by atoms with Crippen LogP contribution >= 0.6 is 0 Å². The van der Waals surface area contributed by atoms with E-state index in [9.17, 15) is 0 Å². The normalized spacial score (nSPS) is 16.0. The Bertz CT molecular complexity index is 61.7. The summed E-state index contributed by atoms with van der Waals surface area (Å²) in [6, 6.07) is 0. The van der Waals surface area contributed by atoms with Gasteiger partial charge in [-0.3, -0.25) is 0 Å². The molecule has 0 aromatic carbocycles. The molecule has 1 rings (SSSR count). The van der Waals surface area contributed by atoms with Crippen molar-refractivity contribution in [2.75, 3.05) is 0 Å². The fourth-order valence-electron chi connectivity index (χ4n) is 0.393. The molecule has 5 heavy (non-hydrogen) atoms. The third kappa shape index (κ3) is 0.647. The highest BCUT2D eigenvalue weighted by Gasteiger charge is 1.79. The van der Waals surface area contributed by atoms with Gasteiger partial charge in [-0.1, -0.05) is 12.2 Å². The third-order valence-electron chi connectivity index (χ3n) is 0.655. The molecule has 0 amide bonds. The average Bonchev–Trinajstić information content (AvgIpc) is 1.76. The van der Waals surface area contributed by atoms with Crippen LogP contribution in [-0.4, -0.2) is 15.2 Å². The van der Waals surface area contributed by atoms with Crippen molar-refractivity contribution in [2.45, 2.75) is 0 Å². The molecule has 0 aliphatic carbocycles. The van der Waals surface area contributed by atoms with Crippen LogP contribution in [0.15, 0.2) is 22.0 Å². The smallest absolute Gasteiger partial charge is 0.144 e. The van der Waals surface area contributed by atoms with Gasteiger partial charge in [-0.2, -0.15) is 0 Å². The Morgan fingerprint density at radius 3 is 1.80 bits per heavy atom. The lowest BCUT2D eigenvalue weighted by Gasteiger charge is -1.48. The van der Waals surface area contributed by atoms with E-state index in [0.717, 1.165) is 0 Å². The van der Waals surface area contributed by atoms with Crippen LogP contribution in [0.1, 0.15) is 0 Å². The van der Waals surface area contributed by atoms with Gasteiger partial charge in [-0.25, -0.2) is 0 Å². The van der Waals surface area contributed by atoms with Crippen LogP contribution < -0.4 is 0 Å². The fourth-order valence-corrected chi connectivity index (χ4v) is 1.18. The Labute approximate surface area is 37.9 Å². The minimum absolute atomic E-state index is 0.182. The molecule has 0 spiro atoms. The maximum atomic E-state index is 2.26. The molecule has 0 nitrogen and oxygen atoms in total. The van der Waals surface area contributed by atoms with Crippen LogP contribution in [0.5, 0.6) is 0 Å². The highest BCUT2D eigenvalue weighted by atomic mass is 27.1. The molecule has 1 heteroatoms. The van der Waals surface area contributed by atoms with E-state index in [2.05, 4.69) is 22.0 Å². The van der Waals surface area contributed by atoms with Gasteiger partial charge in [0, 0.05) is 0 Å². The lowest BCUT2D eigenvalue weighted by Crippen LogP contribution is -1.63. The molecular formula is C4H5Al. The monoisotopic (exact) mass is 80.0 g/mol. The quantitative estimate of drug-likeness (QED) is 0.371. The third-order valence-corrected chi connectivity index (χ3v) is 1.74. The zero-order chi connectivity index (χ0) is 3.54. The Kier molecular flexibility index (Phi) is 0.931. The van der Waals surface area contributed by atoms with E-state index in [1.807, 2.05) is 0 Å². The number of hydrogen-bond acceptors (Lipinski definition) is 0. The molecule has 0 radical (unpaired) electrons. The Morgan fingerprint density at radius 1 is 1.00 bits per heavy atom. The summed E-state index contributed by atoms with van der Waals surface area (Å²) in [5, 5.41) is 0. The minimum Gasteiger partial charge on any atom is -0.144 e. The Morgan fingerprint density at radius 2 is 1.60 bits per heavy atom. The SMILES string of the molecule is C1=[CH][AlH][CH]=C1.